The van der Waals surface area contributed by atoms with Gasteiger partial charge in [-0.25, -0.2) is 4.98 Å². The summed E-state index contributed by atoms with van der Waals surface area (Å²) in [6.45, 7) is 8.18. The Morgan fingerprint density at radius 1 is 1.31 bits per heavy atom. The van der Waals surface area contributed by atoms with E-state index in [1.54, 1.807) is 11.3 Å². The number of guanidine groups is 1. The van der Waals surface area contributed by atoms with Gasteiger partial charge in [-0.05, 0) is 30.9 Å². The van der Waals surface area contributed by atoms with Gasteiger partial charge in [0.1, 0.15) is 5.01 Å². The molecule has 1 unspecified atom stereocenters. The van der Waals surface area contributed by atoms with Gasteiger partial charge in [-0.2, -0.15) is 0 Å². The predicted molar refractivity (Wildman–Crippen MR) is 110 cm³/mol. The van der Waals surface area contributed by atoms with Gasteiger partial charge in [0.2, 0.25) is 0 Å². The van der Waals surface area contributed by atoms with Gasteiger partial charge in [0.25, 0.3) is 0 Å². The van der Waals surface area contributed by atoms with E-state index in [1.807, 2.05) is 13.2 Å². The summed E-state index contributed by atoms with van der Waals surface area (Å²) in [5.41, 5.74) is 2.96. The topological polar surface area (TPSA) is 52.6 Å². The van der Waals surface area contributed by atoms with E-state index in [2.05, 4.69) is 63.6 Å². The minimum Gasteiger partial charge on any atom is -0.355 e. The zero-order chi connectivity index (χ0) is 18.4. The highest BCUT2D eigenvalue weighted by atomic mass is 32.1. The zero-order valence-corrected chi connectivity index (χ0v) is 16.8. The molecule has 0 fully saturated rings. The number of aryl methyl sites for hydroxylation is 1. The maximum Gasteiger partial charge on any atom is 0.191 e. The quantitative estimate of drug-likeness (QED) is 0.606. The zero-order valence-electron chi connectivity index (χ0n) is 16.0. The second-order valence-corrected chi connectivity index (χ2v) is 7.92. The Morgan fingerprint density at radius 3 is 2.85 bits per heavy atom. The molecule has 1 atom stereocenters. The minimum atomic E-state index is 0.452. The summed E-state index contributed by atoms with van der Waals surface area (Å²) in [6.07, 6.45) is 4.15. The van der Waals surface area contributed by atoms with Gasteiger partial charge in [0.05, 0.1) is 6.54 Å². The highest BCUT2D eigenvalue weighted by Gasteiger charge is 2.20. The Morgan fingerprint density at radius 2 is 2.12 bits per heavy atom. The molecule has 5 nitrogen and oxygen atoms in total. The maximum atomic E-state index is 4.45. The molecule has 0 bridgehead atoms. The fourth-order valence-electron chi connectivity index (χ4n) is 3.24. The third kappa shape index (κ3) is 4.83. The van der Waals surface area contributed by atoms with E-state index in [4.69, 9.17) is 0 Å². The van der Waals surface area contributed by atoms with E-state index < -0.39 is 0 Å². The molecule has 1 aliphatic rings. The van der Waals surface area contributed by atoms with Gasteiger partial charge in [-0.1, -0.05) is 31.2 Å². The van der Waals surface area contributed by atoms with Crippen LogP contribution in [0.2, 0.25) is 0 Å². The predicted octanol–water partition coefficient (Wildman–Crippen LogP) is 2.82. The average molecular weight is 372 g/mol. The second-order valence-electron chi connectivity index (χ2n) is 6.72. The molecule has 0 amide bonds. The molecular formula is C20H29N5S. The highest BCUT2D eigenvalue weighted by molar-refractivity contribution is 7.11. The number of benzene rings is 1. The standard InChI is InChI=1S/C20H29N5S/c1-4-18-12-22-19(26-18)13-24-20(21-3)23-11-15(2)25-10-9-16-7-5-6-8-17(16)14-25/h5-8,12,15H,4,9-11,13-14H2,1-3H3,(H2,21,23,24). The smallest absolute Gasteiger partial charge is 0.191 e. The van der Waals surface area contributed by atoms with Crippen LogP contribution in [0.1, 0.15) is 34.9 Å². The first-order chi connectivity index (χ1) is 12.7. The van der Waals surface area contributed by atoms with Crippen LogP contribution in [0.3, 0.4) is 0 Å². The van der Waals surface area contributed by atoms with Crippen LogP contribution in [-0.2, 0) is 25.9 Å². The van der Waals surface area contributed by atoms with E-state index >= 15 is 0 Å². The van der Waals surface area contributed by atoms with Crippen molar-refractivity contribution in [2.24, 2.45) is 4.99 Å². The summed E-state index contributed by atoms with van der Waals surface area (Å²) < 4.78 is 0. The number of thiazole rings is 1. The van der Waals surface area contributed by atoms with Crippen LogP contribution >= 0.6 is 11.3 Å². The van der Waals surface area contributed by atoms with Crippen LogP contribution in [0.25, 0.3) is 0 Å². The lowest BCUT2D eigenvalue weighted by atomic mass is 9.99. The molecule has 1 aliphatic heterocycles. The highest BCUT2D eigenvalue weighted by Crippen LogP contribution is 2.20. The van der Waals surface area contributed by atoms with Crippen LogP contribution in [-0.4, -0.2) is 42.0 Å². The number of fused-ring (bicyclic) bond motifs is 1. The average Bonchev–Trinajstić information content (AvgIpc) is 3.15. The molecule has 3 rings (SSSR count). The van der Waals surface area contributed by atoms with Crippen molar-refractivity contribution in [2.75, 3.05) is 20.1 Å². The number of aliphatic imine (C=N–C) groups is 1. The van der Waals surface area contributed by atoms with E-state index in [-0.39, 0.29) is 0 Å². The molecule has 140 valence electrons. The van der Waals surface area contributed by atoms with Crippen LogP contribution in [0, 0.1) is 0 Å². The summed E-state index contributed by atoms with van der Waals surface area (Å²) in [6, 6.07) is 9.24. The summed E-state index contributed by atoms with van der Waals surface area (Å²) in [5, 5.41) is 7.92. The van der Waals surface area contributed by atoms with E-state index in [9.17, 15) is 0 Å². The Balaban J connectivity index is 1.46. The molecule has 6 heteroatoms. The molecule has 2 N–H and O–H groups in total. The van der Waals surface area contributed by atoms with Gasteiger partial charge in [-0.3, -0.25) is 9.89 Å². The Bertz CT molecular complexity index is 739. The van der Waals surface area contributed by atoms with Crippen molar-refractivity contribution in [3.8, 4) is 0 Å². The third-order valence-corrected chi connectivity index (χ3v) is 6.07. The number of nitrogens with one attached hydrogen (secondary N) is 2. The minimum absolute atomic E-state index is 0.452. The Kier molecular flexibility index (Phi) is 6.63. The van der Waals surface area contributed by atoms with Crippen LogP contribution in [0.4, 0.5) is 0 Å². The van der Waals surface area contributed by atoms with Crippen molar-refractivity contribution in [1.29, 1.82) is 0 Å². The summed E-state index contributed by atoms with van der Waals surface area (Å²) in [4.78, 5) is 12.6. The lowest BCUT2D eigenvalue weighted by Crippen LogP contribution is -2.47. The fraction of sp³-hybridized carbons (Fsp3) is 0.500. The fourth-order valence-corrected chi connectivity index (χ4v) is 4.04. The van der Waals surface area contributed by atoms with Gasteiger partial charge in [-0.15, -0.1) is 11.3 Å². The van der Waals surface area contributed by atoms with Crippen molar-refractivity contribution in [2.45, 2.75) is 45.8 Å². The summed E-state index contributed by atoms with van der Waals surface area (Å²) >= 11 is 1.76. The lowest BCUT2D eigenvalue weighted by molar-refractivity contribution is 0.191. The second kappa shape index (κ2) is 9.14. The molecule has 2 heterocycles. The molecule has 0 saturated heterocycles. The van der Waals surface area contributed by atoms with Crippen molar-refractivity contribution in [3.63, 3.8) is 0 Å². The molecule has 0 radical (unpaired) electrons. The van der Waals surface area contributed by atoms with E-state index in [0.717, 1.165) is 50.0 Å². The van der Waals surface area contributed by atoms with Gasteiger partial charge in [0.15, 0.2) is 5.96 Å². The SMILES string of the molecule is CCc1cnc(CNC(=NC)NCC(C)N2CCc3ccccc3C2)s1. The van der Waals surface area contributed by atoms with Crippen LogP contribution in [0.15, 0.2) is 35.5 Å². The largest absolute Gasteiger partial charge is 0.355 e. The van der Waals surface area contributed by atoms with Crippen molar-refractivity contribution >= 4 is 17.3 Å². The molecule has 1 aromatic carbocycles. The van der Waals surface area contributed by atoms with Gasteiger partial charge >= 0.3 is 0 Å². The first kappa shape index (κ1) is 18.9. The van der Waals surface area contributed by atoms with Crippen molar-refractivity contribution in [1.82, 2.24) is 20.5 Å². The number of aromatic nitrogens is 1. The Labute approximate surface area is 160 Å². The monoisotopic (exact) mass is 371 g/mol. The molecule has 0 saturated carbocycles. The molecule has 26 heavy (non-hydrogen) atoms. The molecule has 0 spiro atoms. The van der Waals surface area contributed by atoms with Gasteiger partial charge in [0, 0.05) is 43.8 Å². The van der Waals surface area contributed by atoms with Crippen molar-refractivity contribution < 1.29 is 0 Å². The van der Waals surface area contributed by atoms with E-state index in [0.29, 0.717) is 6.04 Å². The molecular weight excluding hydrogens is 342 g/mol. The van der Waals surface area contributed by atoms with Crippen LogP contribution < -0.4 is 10.6 Å². The normalized spacial score (nSPS) is 16.2. The summed E-state index contributed by atoms with van der Waals surface area (Å²) in [5.74, 6) is 0.836. The van der Waals surface area contributed by atoms with Crippen molar-refractivity contribution in [3.05, 3.63) is 51.5 Å². The molecule has 0 aliphatic carbocycles. The molecule has 2 aromatic rings. The number of nitrogens with zero attached hydrogens (tertiary/aromatic N) is 3. The number of hydrogen-bond donors (Lipinski definition) is 2. The Hall–Kier alpha value is -1.92. The maximum absolute atomic E-state index is 4.45. The first-order valence-electron chi connectivity index (χ1n) is 9.38. The van der Waals surface area contributed by atoms with Gasteiger partial charge < -0.3 is 10.6 Å². The van der Waals surface area contributed by atoms with Crippen LogP contribution in [0.5, 0.6) is 0 Å². The summed E-state index contributed by atoms with van der Waals surface area (Å²) in [7, 11) is 1.82. The number of hydrogen-bond acceptors (Lipinski definition) is 4. The van der Waals surface area contributed by atoms with E-state index in [1.165, 1.54) is 16.0 Å². The molecule has 1 aromatic heterocycles. The lowest BCUT2D eigenvalue weighted by Gasteiger charge is -2.34. The number of rotatable bonds is 6. The first-order valence-corrected chi connectivity index (χ1v) is 10.2. The third-order valence-electron chi connectivity index (χ3n) is 4.93.